The van der Waals surface area contributed by atoms with Crippen molar-refractivity contribution < 1.29 is 8.78 Å². The van der Waals surface area contributed by atoms with Crippen molar-refractivity contribution >= 4 is 33.6 Å². The fraction of sp³-hybridized carbons (Fsp3) is 0.333. The maximum atomic E-state index is 13.9. The highest BCUT2D eigenvalue weighted by Crippen LogP contribution is 2.30. The number of rotatable bonds is 4. The monoisotopic (exact) mass is 362 g/mol. The third kappa shape index (κ3) is 2.95. The van der Waals surface area contributed by atoms with E-state index in [9.17, 15) is 8.78 Å². The number of halogens is 3. The van der Waals surface area contributed by atoms with Crippen LogP contribution in [0.25, 0.3) is 0 Å². The van der Waals surface area contributed by atoms with Gasteiger partial charge < -0.3 is 5.73 Å². The zero-order valence-electron chi connectivity index (χ0n) is 10.9. The number of nitrogen functional groups attached to an aromatic ring is 1. The predicted molar refractivity (Wildman–Crippen MR) is 78.4 cm³/mol. The van der Waals surface area contributed by atoms with E-state index >= 15 is 0 Å². The highest BCUT2D eigenvalue weighted by Gasteiger charge is 2.17. The molecule has 1 aromatic heterocycles. The zero-order valence-corrected chi connectivity index (χ0v) is 13.3. The van der Waals surface area contributed by atoms with Crippen LogP contribution in [0.2, 0.25) is 0 Å². The number of hydrogen-bond donors (Lipinski definition) is 1. The summed E-state index contributed by atoms with van der Waals surface area (Å²) in [7, 11) is 0. The number of nitrogens with zero attached hydrogens (tertiary/aromatic N) is 3. The summed E-state index contributed by atoms with van der Waals surface area (Å²) in [6.45, 7) is 3.87. The molecule has 0 unspecified atom stereocenters. The summed E-state index contributed by atoms with van der Waals surface area (Å²) < 4.78 is 29.5. The highest BCUT2D eigenvalue weighted by atomic mass is 79.9. The van der Waals surface area contributed by atoms with Gasteiger partial charge in [-0.05, 0) is 41.9 Å². The SMILES string of the molecule is CC(C)n1c(N)nnc1SCc1c(F)ccc(Br)c1F. The topological polar surface area (TPSA) is 56.7 Å². The Kier molecular flexibility index (Phi) is 4.64. The van der Waals surface area contributed by atoms with Crippen LogP contribution in [0.5, 0.6) is 0 Å². The van der Waals surface area contributed by atoms with Gasteiger partial charge in [-0.15, -0.1) is 10.2 Å². The molecular weight excluding hydrogens is 350 g/mol. The van der Waals surface area contributed by atoms with Crippen LogP contribution in [0.4, 0.5) is 14.7 Å². The van der Waals surface area contributed by atoms with Gasteiger partial charge >= 0.3 is 0 Å². The van der Waals surface area contributed by atoms with E-state index in [0.29, 0.717) is 5.16 Å². The molecule has 1 aromatic carbocycles. The molecule has 8 heteroatoms. The van der Waals surface area contributed by atoms with E-state index in [1.165, 1.54) is 23.9 Å². The second-order valence-electron chi connectivity index (χ2n) is 4.41. The van der Waals surface area contributed by atoms with Gasteiger partial charge in [0.25, 0.3) is 0 Å². The smallest absolute Gasteiger partial charge is 0.222 e. The molecule has 0 saturated carbocycles. The normalized spacial score (nSPS) is 11.3. The minimum atomic E-state index is -0.596. The lowest BCUT2D eigenvalue weighted by atomic mass is 10.2. The molecule has 4 nitrogen and oxygen atoms in total. The molecule has 0 bridgehead atoms. The Bertz CT molecular complexity index is 630. The Morgan fingerprint density at radius 2 is 2.05 bits per heavy atom. The fourth-order valence-corrected chi connectivity index (χ4v) is 3.16. The lowest BCUT2D eigenvalue weighted by molar-refractivity contribution is 0.554. The Balaban J connectivity index is 2.24. The quantitative estimate of drug-likeness (QED) is 0.664. The maximum absolute atomic E-state index is 13.9. The molecule has 2 N–H and O–H groups in total. The van der Waals surface area contributed by atoms with Crippen molar-refractivity contribution in [3.63, 3.8) is 0 Å². The molecule has 108 valence electrons. The molecule has 0 radical (unpaired) electrons. The van der Waals surface area contributed by atoms with Gasteiger partial charge in [0, 0.05) is 17.4 Å². The number of thioether (sulfide) groups is 1. The van der Waals surface area contributed by atoms with E-state index in [1.54, 1.807) is 4.57 Å². The second-order valence-corrected chi connectivity index (χ2v) is 6.21. The van der Waals surface area contributed by atoms with E-state index in [-0.39, 0.29) is 27.8 Å². The van der Waals surface area contributed by atoms with Gasteiger partial charge in [-0.2, -0.15) is 0 Å². The van der Waals surface area contributed by atoms with Crippen LogP contribution >= 0.6 is 27.7 Å². The summed E-state index contributed by atoms with van der Waals surface area (Å²) >= 11 is 4.24. The lowest BCUT2D eigenvalue weighted by Crippen LogP contribution is -2.07. The molecular formula is C12H13BrF2N4S. The van der Waals surface area contributed by atoms with Crippen LogP contribution in [0, 0.1) is 11.6 Å². The Hall–Kier alpha value is -1.15. The van der Waals surface area contributed by atoms with Crippen LogP contribution in [0.15, 0.2) is 21.8 Å². The molecule has 0 aliphatic rings. The summed E-state index contributed by atoms with van der Waals surface area (Å²) in [5.74, 6) is -0.775. The standard InChI is InChI=1S/C12H13BrF2N4S/c1-6(2)19-11(16)17-18-12(19)20-5-7-9(14)4-3-8(13)10(7)15/h3-4,6H,5H2,1-2H3,(H2,16,17). The van der Waals surface area contributed by atoms with Crippen LogP contribution in [-0.4, -0.2) is 14.8 Å². The molecule has 0 spiro atoms. The molecule has 0 aliphatic heterocycles. The number of benzene rings is 1. The van der Waals surface area contributed by atoms with Crippen molar-refractivity contribution in [2.24, 2.45) is 0 Å². The molecule has 0 amide bonds. The van der Waals surface area contributed by atoms with Gasteiger partial charge in [-0.25, -0.2) is 8.78 Å². The molecule has 0 atom stereocenters. The molecule has 0 saturated heterocycles. The van der Waals surface area contributed by atoms with E-state index in [1.807, 2.05) is 13.8 Å². The number of aromatic nitrogens is 3. The average molecular weight is 363 g/mol. The van der Waals surface area contributed by atoms with Gasteiger partial charge in [0.15, 0.2) is 5.16 Å². The van der Waals surface area contributed by atoms with Gasteiger partial charge in [-0.3, -0.25) is 4.57 Å². The van der Waals surface area contributed by atoms with Gasteiger partial charge in [-0.1, -0.05) is 11.8 Å². The molecule has 0 fully saturated rings. The summed E-state index contributed by atoms with van der Waals surface area (Å²) in [6.07, 6.45) is 0. The lowest BCUT2D eigenvalue weighted by Gasteiger charge is -2.11. The molecule has 2 rings (SSSR count). The van der Waals surface area contributed by atoms with E-state index in [4.69, 9.17) is 5.73 Å². The summed E-state index contributed by atoms with van der Waals surface area (Å²) in [5, 5.41) is 8.25. The first kappa shape index (κ1) is 15.2. The Labute approximate surface area is 127 Å². The van der Waals surface area contributed by atoms with E-state index in [2.05, 4.69) is 26.1 Å². The van der Waals surface area contributed by atoms with Crippen LogP contribution in [-0.2, 0) is 5.75 Å². The minimum absolute atomic E-state index is 0.00116. The van der Waals surface area contributed by atoms with Crippen LogP contribution < -0.4 is 5.73 Å². The van der Waals surface area contributed by atoms with Crippen molar-refractivity contribution in [1.82, 2.24) is 14.8 Å². The van der Waals surface area contributed by atoms with E-state index < -0.39 is 11.6 Å². The van der Waals surface area contributed by atoms with Gasteiger partial charge in [0.1, 0.15) is 11.6 Å². The van der Waals surface area contributed by atoms with Gasteiger partial charge in [0.2, 0.25) is 5.95 Å². The Morgan fingerprint density at radius 3 is 2.70 bits per heavy atom. The van der Waals surface area contributed by atoms with Crippen molar-refractivity contribution in [2.75, 3.05) is 5.73 Å². The second kappa shape index (κ2) is 6.09. The first-order valence-corrected chi connectivity index (χ1v) is 7.65. The predicted octanol–water partition coefficient (Wildman–Crippen LogP) is 3.77. The third-order valence-corrected chi connectivity index (χ3v) is 4.27. The fourth-order valence-electron chi connectivity index (χ4n) is 1.71. The van der Waals surface area contributed by atoms with E-state index in [0.717, 1.165) is 0 Å². The zero-order chi connectivity index (χ0) is 14.9. The van der Waals surface area contributed by atoms with Crippen LogP contribution in [0.3, 0.4) is 0 Å². The molecule has 0 aliphatic carbocycles. The average Bonchev–Trinajstić information content (AvgIpc) is 2.75. The number of anilines is 1. The molecule has 1 heterocycles. The van der Waals surface area contributed by atoms with Crippen molar-refractivity contribution in [3.05, 3.63) is 33.8 Å². The first-order valence-electron chi connectivity index (χ1n) is 5.87. The largest absolute Gasteiger partial charge is 0.368 e. The van der Waals surface area contributed by atoms with Crippen molar-refractivity contribution in [2.45, 2.75) is 30.8 Å². The van der Waals surface area contributed by atoms with Crippen LogP contribution in [0.1, 0.15) is 25.5 Å². The van der Waals surface area contributed by atoms with Crippen molar-refractivity contribution in [1.29, 1.82) is 0 Å². The summed E-state index contributed by atoms with van der Waals surface area (Å²) in [4.78, 5) is 0. The summed E-state index contributed by atoms with van der Waals surface area (Å²) in [6, 6.07) is 2.64. The maximum Gasteiger partial charge on any atom is 0.222 e. The molecule has 2 aromatic rings. The first-order chi connectivity index (χ1) is 9.41. The number of nitrogens with two attached hydrogens (primary N) is 1. The minimum Gasteiger partial charge on any atom is -0.368 e. The number of hydrogen-bond acceptors (Lipinski definition) is 4. The van der Waals surface area contributed by atoms with Gasteiger partial charge in [0.05, 0.1) is 4.47 Å². The summed E-state index contributed by atoms with van der Waals surface area (Å²) in [5.41, 5.74) is 5.72. The highest BCUT2D eigenvalue weighted by molar-refractivity contribution is 9.10. The Morgan fingerprint density at radius 1 is 1.35 bits per heavy atom. The van der Waals surface area contributed by atoms with Crippen molar-refractivity contribution in [3.8, 4) is 0 Å². The third-order valence-electron chi connectivity index (χ3n) is 2.69. The molecule has 20 heavy (non-hydrogen) atoms.